The number of carbonyl (C=O) groups is 2. The Morgan fingerprint density at radius 2 is 1.77 bits per heavy atom. The topological polar surface area (TPSA) is 79.7 Å². The van der Waals surface area contributed by atoms with E-state index in [4.69, 9.17) is 4.74 Å². The van der Waals surface area contributed by atoms with Crippen LogP contribution in [0.25, 0.3) is 5.76 Å². The second kappa shape index (κ2) is 8.21. The molecule has 0 radical (unpaired) electrons. The molecule has 6 heteroatoms. The molecule has 2 heterocycles. The fourth-order valence-corrected chi connectivity index (χ4v) is 3.65. The van der Waals surface area contributed by atoms with Gasteiger partial charge in [-0.05, 0) is 35.4 Å². The minimum atomic E-state index is -0.742. The average Bonchev–Trinajstić information content (AvgIpc) is 3.05. The molecule has 1 aliphatic rings. The normalized spacial score (nSPS) is 17.9. The van der Waals surface area contributed by atoms with Crippen molar-refractivity contribution in [1.29, 1.82) is 0 Å². The maximum absolute atomic E-state index is 13.0. The Hall–Kier alpha value is -3.93. The molecule has 1 amide bonds. The van der Waals surface area contributed by atoms with Crippen LogP contribution in [0.3, 0.4) is 0 Å². The maximum atomic E-state index is 13.0. The monoisotopic (exact) mass is 400 g/mol. The molecule has 6 nitrogen and oxygen atoms in total. The van der Waals surface area contributed by atoms with Crippen molar-refractivity contribution in [1.82, 2.24) is 9.88 Å². The van der Waals surface area contributed by atoms with Crippen LogP contribution in [0.1, 0.15) is 22.7 Å². The van der Waals surface area contributed by atoms with Crippen LogP contribution >= 0.6 is 0 Å². The molecule has 1 atom stereocenters. The summed E-state index contributed by atoms with van der Waals surface area (Å²) in [4.78, 5) is 31.4. The molecule has 4 rings (SSSR count). The van der Waals surface area contributed by atoms with E-state index in [0.29, 0.717) is 16.9 Å². The van der Waals surface area contributed by atoms with Crippen molar-refractivity contribution in [3.8, 4) is 5.75 Å². The Morgan fingerprint density at radius 1 is 1.03 bits per heavy atom. The lowest BCUT2D eigenvalue weighted by molar-refractivity contribution is -0.140. The van der Waals surface area contributed by atoms with E-state index in [1.165, 1.54) is 17.3 Å². The molecular formula is C24H20N2O4. The molecular weight excluding hydrogens is 380 g/mol. The number of carbonyl (C=O) groups excluding carboxylic acids is 2. The highest BCUT2D eigenvalue weighted by atomic mass is 16.5. The summed E-state index contributed by atoms with van der Waals surface area (Å²) in [5.41, 5.74) is 2.04. The summed E-state index contributed by atoms with van der Waals surface area (Å²) < 4.78 is 5.33. The van der Waals surface area contributed by atoms with Gasteiger partial charge in [-0.1, -0.05) is 42.5 Å². The van der Waals surface area contributed by atoms with E-state index in [-0.39, 0.29) is 17.9 Å². The molecule has 1 unspecified atom stereocenters. The predicted octanol–water partition coefficient (Wildman–Crippen LogP) is 3.71. The molecule has 0 spiro atoms. The Morgan fingerprint density at radius 3 is 2.47 bits per heavy atom. The van der Waals surface area contributed by atoms with Crippen molar-refractivity contribution in [3.63, 3.8) is 0 Å². The Bertz CT molecular complexity index is 1110. The second-order valence-electron chi connectivity index (χ2n) is 6.93. The summed E-state index contributed by atoms with van der Waals surface area (Å²) in [6.45, 7) is 0.237. The van der Waals surface area contributed by atoms with Crippen molar-refractivity contribution < 1.29 is 19.4 Å². The molecule has 0 bridgehead atoms. The molecule has 2 aromatic carbocycles. The number of amides is 1. The van der Waals surface area contributed by atoms with Crippen LogP contribution < -0.4 is 4.74 Å². The van der Waals surface area contributed by atoms with Crippen LogP contribution in [0.4, 0.5) is 0 Å². The predicted molar refractivity (Wildman–Crippen MR) is 112 cm³/mol. The first kappa shape index (κ1) is 19.4. The van der Waals surface area contributed by atoms with Crippen LogP contribution in [0.15, 0.2) is 84.7 Å². The van der Waals surface area contributed by atoms with Gasteiger partial charge in [0.05, 0.1) is 18.7 Å². The number of likely N-dealkylation sites (tertiary alicyclic amines) is 1. The first-order chi connectivity index (χ1) is 14.6. The van der Waals surface area contributed by atoms with Crippen molar-refractivity contribution >= 4 is 17.4 Å². The molecule has 0 aliphatic carbocycles. The Labute approximate surface area is 174 Å². The highest BCUT2D eigenvalue weighted by molar-refractivity contribution is 6.46. The smallest absolute Gasteiger partial charge is 0.295 e. The van der Waals surface area contributed by atoms with E-state index >= 15 is 0 Å². The highest BCUT2D eigenvalue weighted by Gasteiger charge is 2.46. The van der Waals surface area contributed by atoms with Crippen molar-refractivity contribution in [2.24, 2.45) is 0 Å². The quantitative estimate of drug-likeness (QED) is 0.401. The van der Waals surface area contributed by atoms with Crippen LogP contribution in [0.5, 0.6) is 5.75 Å². The second-order valence-corrected chi connectivity index (χ2v) is 6.93. The zero-order chi connectivity index (χ0) is 21.1. The van der Waals surface area contributed by atoms with Gasteiger partial charge < -0.3 is 14.7 Å². The molecule has 1 N–H and O–H groups in total. The lowest BCUT2D eigenvalue weighted by atomic mass is 9.95. The van der Waals surface area contributed by atoms with Gasteiger partial charge in [-0.3, -0.25) is 14.6 Å². The number of aromatic nitrogens is 1. The van der Waals surface area contributed by atoms with E-state index in [9.17, 15) is 14.7 Å². The number of hydrogen-bond acceptors (Lipinski definition) is 5. The molecule has 1 saturated heterocycles. The van der Waals surface area contributed by atoms with Crippen LogP contribution in [-0.4, -0.2) is 33.8 Å². The van der Waals surface area contributed by atoms with Crippen LogP contribution in [0, 0.1) is 0 Å². The van der Waals surface area contributed by atoms with Gasteiger partial charge in [0, 0.05) is 24.5 Å². The molecule has 0 saturated carbocycles. The number of aliphatic hydroxyl groups is 1. The maximum Gasteiger partial charge on any atom is 0.295 e. The average molecular weight is 400 g/mol. The Kier molecular flexibility index (Phi) is 5.30. The number of aliphatic hydroxyl groups excluding tert-OH is 1. The SMILES string of the molecule is COc1cccc(C2C(=C(O)c3ccncc3)C(=O)C(=O)N2Cc2ccccc2)c1. The summed E-state index contributed by atoms with van der Waals surface area (Å²) in [7, 11) is 1.55. The third kappa shape index (κ3) is 3.55. The standard InChI is InChI=1S/C24H20N2O4/c1-30-19-9-5-8-18(14-19)21-20(22(27)17-10-12-25-13-11-17)23(28)24(29)26(21)15-16-6-3-2-4-7-16/h2-14,21,27H,15H2,1H3. The molecule has 30 heavy (non-hydrogen) atoms. The number of ketones is 1. The van der Waals surface area contributed by atoms with Gasteiger partial charge in [-0.15, -0.1) is 0 Å². The highest BCUT2D eigenvalue weighted by Crippen LogP contribution is 2.40. The van der Waals surface area contributed by atoms with Crippen molar-refractivity contribution in [3.05, 3.63) is 101 Å². The lowest BCUT2D eigenvalue weighted by Crippen LogP contribution is -2.29. The van der Waals surface area contributed by atoms with Gasteiger partial charge >= 0.3 is 0 Å². The number of methoxy groups -OCH3 is 1. The number of nitrogens with zero attached hydrogens (tertiary/aromatic N) is 2. The lowest BCUT2D eigenvalue weighted by Gasteiger charge is -2.25. The number of benzene rings is 2. The van der Waals surface area contributed by atoms with Gasteiger partial charge in [0.15, 0.2) is 0 Å². The van der Waals surface area contributed by atoms with Crippen LogP contribution in [-0.2, 0) is 16.1 Å². The zero-order valence-electron chi connectivity index (χ0n) is 16.4. The third-order valence-corrected chi connectivity index (χ3v) is 5.10. The van der Waals surface area contributed by atoms with E-state index in [0.717, 1.165) is 5.56 Å². The minimum Gasteiger partial charge on any atom is -0.507 e. The molecule has 150 valence electrons. The van der Waals surface area contributed by atoms with Gasteiger partial charge in [0.2, 0.25) is 0 Å². The summed E-state index contributed by atoms with van der Waals surface area (Å²) in [5, 5.41) is 11.0. The number of rotatable bonds is 5. The molecule has 1 aliphatic heterocycles. The number of hydrogen-bond donors (Lipinski definition) is 1. The van der Waals surface area contributed by atoms with E-state index in [1.807, 2.05) is 36.4 Å². The van der Waals surface area contributed by atoms with Gasteiger partial charge in [-0.25, -0.2) is 0 Å². The van der Waals surface area contributed by atoms with Crippen LogP contribution in [0.2, 0.25) is 0 Å². The largest absolute Gasteiger partial charge is 0.507 e. The summed E-state index contributed by atoms with van der Waals surface area (Å²) >= 11 is 0. The fourth-order valence-electron chi connectivity index (χ4n) is 3.65. The van der Waals surface area contributed by atoms with Crippen molar-refractivity contribution in [2.75, 3.05) is 7.11 Å². The minimum absolute atomic E-state index is 0.0513. The number of ether oxygens (including phenoxy) is 1. The van der Waals surface area contributed by atoms with E-state index in [2.05, 4.69) is 4.98 Å². The van der Waals surface area contributed by atoms with Gasteiger partial charge in [-0.2, -0.15) is 0 Å². The summed E-state index contributed by atoms with van der Waals surface area (Å²) in [5.74, 6) is -0.990. The van der Waals surface area contributed by atoms with E-state index in [1.54, 1.807) is 37.4 Å². The van der Waals surface area contributed by atoms with Gasteiger partial charge in [0.1, 0.15) is 11.5 Å². The molecule has 1 fully saturated rings. The summed E-state index contributed by atoms with van der Waals surface area (Å²) in [6.07, 6.45) is 3.05. The number of pyridine rings is 1. The fraction of sp³-hybridized carbons (Fsp3) is 0.125. The first-order valence-corrected chi connectivity index (χ1v) is 9.47. The molecule has 1 aromatic heterocycles. The molecule has 3 aromatic rings. The van der Waals surface area contributed by atoms with Crippen molar-refractivity contribution in [2.45, 2.75) is 12.6 Å². The number of Topliss-reactive ketones (excluding diaryl/α,β-unsaturated/α-hetero) is 1. The first-order valence-electron chi connectivity index (χ1n) is 9.47. The van der Waals surface area contributed by atoms with Gasteiger partial charge in [0.25, 0.3) is 11.7 Å². The Balaban J connectivity index is 1.87. The van der Waals surface area contributed by atoms with E-state index < -0.39 is 17.7 Å². The zero-order valence-corrected chi connectivity index (χ0v) is 16.4. The summed E-state index contributed by atoms with van der Waals surface area (Å²) in [6, 6.07) is 19.1. The third-order valence-electron chi connectivity index (χ3n) is 5.10.